The van der Waals surface area contributed by atoms with Gasteiger partial charge in [0.15, 0.2) is 73.2 Å². The number of hydrogen-bond acceptors (Lipinski definition) is 44. The van der Waals surface area contributed by atoms with Crippen molar-refractivity contribution < 1.29 is 171 Å². The summed E-state index contributed by atoms with van der Waals surface area (Å²) in [5, 5.41) is 36.5. The van der Waals surface area contributed by atoms with Crippen molar-refractivity contribution in [1.29, 1.82) is 0 Å². The highest BCUT2D eigenvalue weighted by molar-refractivity contribution is 5.74. The number of nitrogens with zero attached hydrogens (tertiary/aromatic N) is 12. The van der Waals surface area contributed by atoms with E-state index in [-0.39, 0.29) is 26.2 Å². The molecule has 20 atom stereocenters. The molecule has 4 aromatic carbocycles. The third-order valence-corrected chi connectivity index (χ3v) is 27.2. The zero-order valence-electron chi connectivity index (χ0n) is 85.1. The van der Waals surface area contributed by atoms with Gasteiger partial charge in [-0.2, -0.15) is 0 Å². The maximum atomic E-state index is 12.9. The molecule has 0 unspecified atom stereocenters. The van der Waals surface area contributed by atoms with Gasteiger partial charge in [-0.25, -0.2) is 18.7 Å². The number of aromatic nitrogens is 12. The minimum Gasteiger partial charge on any atom is -0.463 e. The number of ether oxygens (including phenoxy) is 20. The number of rotatable bonds is 36. The quantitative estimate of drug-likeness (QED) is 0.0338. The van der Waals surface area contributed by atoms with E-state index in [2.05, 4.69) is 89.8 Å². The topological polar surface area (TPSA) is 581 Å². The summed E-state index contributed by atoms with van der Waals surface area (Å²) in [7, 11) is 0. The molecule has 8 fully saturated rings. The fourth-order valence-corrected chi connectivity index (χ4v) is 22.5. The van der Waals surface area contributed by atoms with Gasteiger partial charge >= 0.3 is 95.5 Å². The summed E-state index contributed by atoms with van der Waals surface area (Å²) in [5.74, 6) is -12.4. The molecule has 0 N–H and O–H groups in total. The van der Waals surface area contributed by atoms with E-state index in [1.54, 1.807) is 24.8 Å². The van der Waals surface area contributed by atoms with E-state index in [0.717, 1.165) is 105 Å². The average Bonchev–Trinajstić information content (AvgIpc) is 0.819. The summed E-state index contributed by atoms with van der Waals surface area (Å²) < 4.78 is 122. The molecule has 8 heterocycles. The molecule has 48 nitrogen and oxygen atoms in total. The Labute approximate surface area is 857 Å². The van der Waals surface area contributed by atoms with Gasteiger partial charge in [0.25, 0.3) is 0 Å². The first-order valence-corrected chi connectivity index (χ1v) is 48.5. The second kappa shape index (κ2) is 45.9. The summed E-state index contributed by atoms with van der Waals surface area (Å²) in [6.45, 7) is 15.6. The highest BCUT2D eigenvalue weighted by Gasteiger charge is 2.70. The Kier molecular flexibility index (Phi) is 33.3. The van der Waals surface area contributed by atoms with Gasteiger partial charge in [-0.3, -0.25) is 76.7 Å². The molecule has 4 aromatic heterocycles. The van der Waals surface area contributed by atoms with Gasteiger partial charge in [0, 0.05) is 133 Å². The lowest BCUT2D eigenvalue weighted by atomic mass is 9.32. The Morgan fingerprint density at radius 3 is 0.513 bits per heavy atom. The van der Waals surface area contributed by atoms with Crippen molar-refractivity contribution in [2.45, 2.75) is 319 Å². The average molecular weight is 2090 g/mol. The molecule has 4 bridgehead atoms. The molecule has 8 aliphatic rings. The third-order valence-electron chi connectivity index (χ3n) is 27.2. The Bertz CT molecular complexity index is 5590. The molecule has 4 aliphatic heterocycles. The number of carbonyl (C=O) groups excluding carboxylic acids is 16. The van der Waals surface area contributed by atoms with E-state index >= 15 is 0 Å². The van der Waals surface area contributed by atoms with Gasteiger partial charge < -0.3 is 94.7 Å². The monoisotopic (exact) mass is 2080 g/mol. The predicted octanol–water partition coefficient (Wildman–Crippen LogP) is 5.66. The summed E-state index contributed by atoms with van der Waals surface area (Å²) in [4.78, 5) is 203. The van der Waals surface area contributed by atoms with Crippen molar-refractivity contribution in [2.75, 3.05) is 26.4 Å². The number of carbonyl (C=O) groups is 16. The first kappa shape index (κ1) is 109. The third kappa shape index (κ3) is 25.5. The lowest BCUT2D eigenvalue weighted by molar-refractivity contribution is -0.254. The maximum absolute atomic E-state index is 12.9. The van der Waals surface area contributed by atoms with E-state index < -0.39 is 266 Å². The fourth-order valence-electron chi connectivity index (χ4n) is 22.5. The largest absolute Gasteiger partial charge is 0.463 e. The van der Waals surface area contributed by atoms with Crippen LogP contribution in [0.5, 0.6) is 0 Å². The van der Waals surface area contributed by atoms with Crippen LogP contribution in [0.4, 0.5) is 0 Å². The molecule has 48 heteroatoms. The molecule has 800 valence electrons. The van der Waals surface area contributed by atoms with Gasteiger partial charge in [0.1, 0.15) is 98.0 Å². The van der Waals surface area contributed by atoms with E-state index in [1.165, 1.54) is 46.4 Å². The summed E-state index contributed by atoms with van der Waals surface area (Å²) in [6.07, 6.45) is -16.6. The highest BCUT2D eigenvalue weighted by Crippen LogP contribution is 2.75. The second-order valence-corrected chi connectivity index (χ2v) is 38.7. The predicted molar refractivity (Wildman–Crippen MR) is 504 cm³/mol. The molecule has 8 aromatic rings. The molecular weight excluding hydrogens is 1970 g/mol. The van der Waals surface area contributed by atoms with E-state index in [9.17, 15) is 76.7 Å². The molecule has 4 aliphatic carbocycles. The van der Waals surface area contributed by atoms with Crippen molar-refractivity contribution in [3.63, 3.8) is 0 Å². The minimum absolute atomic E-state index is 0.194. The normalized spacial score (nSPS) is 28.5. The first-order valence-electron chi connectivity index (χ1n) is 48.5. The van der Waals surface area contributed by atoms with Crippen LogP contribution < -0.4 is 0 Å². The summed E-state index contributed by atoms with van der Waals surface area (Å²) in [6, 6.07) is 32.4. The van der Waals surface area contributed by atoms with Crippen LogP contribution >= 0.6 is 0 Å². The first-order chi connectivity index (χ1) is 71.2. The SMILES string of the molecule is CC(=O)OC[C@H]1O[C@@H](Cn2cc(-c3ccc(C45CC6(c7ccc(-c8cn(C[C@@H]9O[C@H](COC(C)=O)[C@H](OC(C)=O)[C@H](OC(C)=O)[C@H]9OC(C)=O)nn8)cc7)CC(c7ccc(-c8cn(C[C@@H]9O[C@H](COC(C)=O)[C@H](OC(C)=O)[C@H](OC(C)=O)[C@H]9OC(C)=O)nn8)cc7)(C4)CC(c4ccc(-c7cn(C[C@@H]8O[C@H](COC(C)=O)[C@H](OC(C)=O)[C@H](OC(C)=O)[C@H]8OC(C)=O)nn7)cc4)(C5)C6)cc3)nn2)[C@H](OC(C)=O)[C@@H](OC(C)=O)[C@H]1OC(C)=O. The van der Waals surface area contributed by atoms with Crippen LogP contribution in [0.1, 0.15) is 172 Å². The van der Waals surface area contributed by atoms with Gasteiger partial charge in [-0.05, 0) is 82.4 Å². The van der Waals surface area contributed by atoms with Crippen LogP contribution in [-0.4, -0.2) is 304 Å². The number of hydrogen-bond donors (Lipinski definition) is 0. The number of benzene rings is 4. The van der Waals surface area contributed by atoms with E-state index in [0.29, 0.717) is 83.6 Å². The fraction of sp³-hybridized carbons (Fsp3) is 0.529. The highest BCUT2D eigenvalue weighted by atomic mass is 16.7. The Hall–Kier alpha value is -15.2. The lowest BCUT2D eigenvalue weighted by Gasteiger charge is -2.71. The molecule has 150 heavy (non-hydrogen) atoms. The molecule has 16 rings (SSSR count). The second-order valence-electron chi connectivity index (χ2n) is 38.7. The lowest BCUT2D eigenvalue weighted by Crippen LogP contribution is -2.67. The maximum Gasteiger partial charge on any atom is 0.303 e. The van der Waals surface area contributed by atoms with Crippen molar-refractivity contribution >= 4 is 95.5 Å². The zero-order chi connectivity index (χ0) is 108. The molecule has 4 saturated carbocycles. The summed E-state index contributed by atoms with van der Waals surface area (Å²) >= 11 is 0. The molecule has 0 spiro atoms. The van der Waals surface area contributed by atoms with Crippen LogP contribution in [0.25, 0.3) is 45.0 Å². The zero-order valence-corrected chi connectivity index (χ0v) is 85.1. The van der Waals surface area contributed by atoms with Crippen LogP contribution in [-0.2, 0) is 219 Å². The van der Waals surface area contributed by atoms with Crippen LogP contribution in [0.3, 0.4) is 0 Å². The van der Waals surface area contributed by atoms with Crippen LogP contribution in [0.2, 0.25) is 0 Å². The molecular formula is C102H116N12O36. The van der Waals surface area contributed by atoms with Gasteiger partial charge in [0.05, 0.1) is 51.0 Å². The standard InChI is InChI=1S/C102H116N12O36/c1-51(115)131-41-83-91(139-59(9)123)95(143-63(13)127)87(135-55(5)119)79(147-83)37-111-33-75(103-107-111)67-17-25-71(26-18-67)99-45-100(72-27-19-68(20-28-72)76-34-112(108-104-76)38-80-88(136-56(6)120)96(144-64(14)128)92(140-60(10)124)84(148-80)42-132-52(2)116)48-101(46-99,73-29-21-69(22-30-73)77-35-113(109-105-77)39-81-89(137-57(7)121)97(145-65(15)129)93(141-61(11)125)85(149-81)43-133-53(3)117)50-102(47-99,49-100)74-31-23-70(24-32-74)78-36-114(110-106-78)40-82-90(138-58(8)122)98(146-66(16)130)94(142-62(12)126)86(150-82)44-134-54(4)118/h17-36,79-98H,37-50H2,1-16H3/t79-,80-,81-,82-,83+,84+,85+,86+,87-,88-,89-,90-,91-,92-,93-,94-,95+,96+,97+,98+,99?,100?,101?,102?/m0/s1. The number of esters is 16. The molecule has 4 saturated heterocycles. The van der Waals surface area contributed by atoms with Crippen molar-refractivity contribution in [2.24, 2.45) is 0 Å². The van der Waals surface area contributed by atoms with Crippen molar-refractivity contribution in [3.05, 3.63) is 144 Å². The molecule has 0 radical (unpaired) electrons. The Morgan fingerprint density at radius 1 is 0.220 bits per heavy atom. The van der Waals surface area contributed by atoms with Gasteiger partial charge in [-0.1, -0.05) is 118 Å². The van der Waals surface area contributed by atoms with Crippen LogP contribution in [0.15, 0.2) is 122 Å². The Morgan fingerprint density at radius 2 is 0.367 bits per heavy atom. The van der Waals surface area contributed by atoms with E-state index in [4.69, 9.17) is 94.7 Å². The smallest absolute Gasteiger partial charge is 0.303 e. The van der Waals surface area contributed by atoms with Crippen LogP contribution in [0, 0.1) is 0 Å². The van der Waals surface area contributed by atoms with Gasteiger partial charge in [-0.15, -0.1) is 20.4 Å². The van der Waals surface area contributed by atoms with Gasteiger partial charge in [0.2, 0.25) is 0 Å². The summed E-state index contributed by atoms with van der Waals surface area (Å²) in [5.41, 5.74) is 5.05. The van der Waals surface area contributed by atoms with Crippen molar-refractivity contribution in [1.82, 2.24) is 60.0 Å². The molecule has 0 amide bonds. The minimum atomic E-state index is -1.45. The Balaban J connectivity index is 0.829. The van der Waals surface area contributed by atoms with E-state index in [1.807, 2.05) is 48.5 Å². The van der Waals surface area contributed by atoms with Crippen molar-refractivity contribution in [3.8, 4) is 45.0 Å².